The van der Waals surface area contributed by atoms with Gasteiger partial charge in [0.25, 0.3) is 5.91 Å². The predicted molar refractivity (Wildman–Crippen MR) is 96.5 cm³/mol. The van der Waals surface area contributed by atoms with Crippen molar-refractivity contribution in [2.24, 2.45) is 0 Å². The van der Waals surface area contributed by atoms with Crippen LogP contribution in [0.2, 0.25) is 0 Å². The minimum absolute atomic E-state index is 0.0420. The van der Waals surface area contributed by atoms with E-state index in [0.29, 0.717) is 5.56 Å². The second-order valence-corrected chi connectivity index (χ2v) is 6.40. The van der Waals surface area contributed by atoms with Gasteiger partial charge in [-0.05, 0) is 24.4 Å². The van der Waals surface area contributed by atoms with Crippen molar-refractivity contribution in [3.05, 3.63) is 65.0 Å². The van der Waals surface area contributed by atoms with Crippen LogP contribution >= 0.6 is 12.2 Å². The van der Waals surface area contributed by atoms with Crippen LogP contribution < -0.4 is 10.2 Å². The van der Waals surface area contributed by atoms with Gasteiger partial charge in [0.05, 0.1) is 0 Å². The van der Waals surface area contributed by atoms with Crippen LogP contribution in [-0.2, 0) is 0 Å². The van der Waals surface area contributed by atoms with Gasteiger partial charge in [0, 0.05) is 31.7 Å². The Hall–Kier alpha value is -2.75. The molecule has 148 valence electrons. The molecular weight excluding hydrogens is 401 g/mol. The topological polar surface area (TPSA) is 35.6 Å². The molecule has 0 aliphatic carbocycles. The monoisotopic (exact) mass is 415 g/mol. The van der Waals surface area contributed by atoms with Crippen LogP contribution in [0, 0.1) is 29.1 Å². The van der Waals surface area contributed by atoms with Crippen LogP contribution in [-0.4, -0.2) is 42.1 Å². The Morgan fingerprint density at radius 3 is 1.86 bits per heavy atom. The number of nitrogens with one attached hydrogen (secondary N) is 1. The Labute approximate surface area is 162 Å². The molecule has 1 heterocycles. The number of thiocarbonyl (C=S) groups is 1. The Balaban J connectivity index is 1.67. The van der Waals surface area contributed by atoms with Gasteiger partial charge in [-0.1, -0.05) is 18.2 Å². The Bertz CT molecular complexity index is 888. The first-order valence-electron chi connectivity index (χ1n) is 8.23. The fourth-order valence-corrected chi connectivity index (χ4v) is 3.12. The maximum absolute atomic E-state index is 13.9. The van der Waals surface area contributed by atoms with Crippen molar-refractivity contribution in [2.75, 3.05) is 31.1 Å². The summed E-state index contributed by atoms with van der Waals surface area (Å²) >= 11 is 5.17. The maximum atomic E-state index is 13.9. The number of nitrogens with zero attached hydrogens (tertiary/aromatic N) is 2. The highest BCUT2D eigenvalue weighted by atomic mass is 32.1. The van der Waals surface area contributed by atoms with Gasteiger partial charge in [0.15, 0.2) is 28.4 Å². The summed E-state index contributed by atoms with van der Waals surface area (Å²) in [6, 6.07) is 8.37. The number of rotatable bonds is 2. The molecule has 10 heteroatoms. The van der Waals surface area contributed by atoms with Crippen LogP contribution in [0.15, 0.2) is 30.3 Å². The van der Waals surface area contributed by atoms with E-state index in [0.717, 1.165) is 4.90 Å². The van der Waals surface area contributed by atoms with Crippen molar-refractivity contribution in [1.82, 2.24) is 10.2 Å². The van der Waals surface area contributed by atoms with Crippen molar-refractivity contribution < 1.29 is 26.7 Å². The number of hydrogen-bond donors (Lipinski definition) is 1. The van der Waals surface area contributed by atoms with E-state index in [9.17, 15) is 26.7 Å². The molecular formula is C18H14F5N3OS. The SMILES string of the molecule is O=C(NC(=S)N1CCN(c2c(F)c(F)c(F)c(F)c2F)CC1)c1ccccc1. The molecule has 0 atom stereocenters. The minimum Gasteiger partial charge on any atom is -0.363 e. The van der Waals surface area contributed by atoms with Crippen molar-refractivity contribution in [3.63, 3.8) is 0 Å². The molecule has 1 N–H and O–H groups in total. The molecule has 4 nitrogen and oxygen atoms in total. The van der Waals surface area contributed by atoms with E-state index in [-0.39, 0.29) is 31.3 Å². The zero-order chi connectivity index (χ0) is 20.4. The van der Waals surface area contributed by atoms with Crippen molar-refractivity contribution in [3.8, 4) is 0 Å². The van der Waals surface area contributed by atoms with E-state index in [1.807, 2.05) is 0 Å². The van der Waals surface area contributed by atoms with E-state index in [4.69, 9.17) is 12.2 Å². The summed E-state index contributed by atoms with van der Waals surface area (Å²) in [6.07, 6.45) is 0. The zero-order valence-electron chi connectivity index (χ0n) is 14.3. The maximum Gasteiger partial charge on any atom is 0.257 e. The average Bonchev–Trinajstić information content (AvgIpc) is 2.72. The molecule has 0 unspecified atom stereocenters. The fraction of sp³-hybridized carbons (Fsp3) is 0.222. The smallest absolute Gasteiger partial charge is 0.257 e. The van der Waals surface area contributed by atoms with Crippen LogP contribution in [0.4, 0.5) is 27.6 Å². The van der Waals surface area contributed by atoms with Crippen molar-refractivity contribution in [2.45, 2.75) is 0 Å². The van der Waals surface area contributed by atoms with Crippen molar-refractivity contribution >= 4 is 28.9 Å². The summed E-state index contributed by atoms with van der Waals surface area (Å²) in [7, 11) is 0. The third-order valence-corrected chi connectivity index (χ3v) is 4.69. The number of hydrogen-bond acceptors (Lipinski definition) is 3. The predicted octanol–water partition coefficient (Wildman–Crippen LogP) is 3.22. The van der Waals surface area contributed by atoms with Gasteiger partial charge in [-0.15, -0.1) is 0 Å². The third kappa shape index (κ3) is 3.77. The first kappa shape index (κ1) is 20.0. The summed E-state index contributed by atoms with van der Waals surface area (Å²) in [4.78, 5) is 14.8. The van der Waals surface area contributed by atoms with Crippen LogP contribution in [0.3, 0.4) is 0 Å². The summed E-state index contributed by atoms with van der Waals surface area (Å²) in [6.45, 7) is 0.181. The lowest BCUT2D eigenvalue weighted by Crippen LogP contribution is -2.53. The largest absolute Gasteiger partial charge is 0.363 e. The molecule has 1 aliphatic rings. The lowest BCUT2D eigenvalue weighted by atomic mass is 10.2. The van der Waals surface area contributed by atoms with Gasteiger partial charge in [0.2, 0.25) is 5.82 Å². The van der Waals surface area contributed by atoms with Crippen LogP contribution in [0.5, 0.6) is 0 Å². The van der Waals surface area contributed by atoms with E-state index in [1.165, 1.54) is 0 Å². The zero-order valence-corrected chi connectivity index (χ0v) is 15.1. The third-order valence-electron chi connectivity index (χ3n) is 4.33. The average molecular weight is 415 g/mol. The molecule has 0 saturated carbocycles. The molecule has 0 radical (unpaired) electrons. The number of carbonyl (C=O) groups is 1. The molecule has 0 aromatic heterocycles. The van der Waals surface area contributed by atoms with Gasteiger partial charge >= 0.3 is 0 Å². The molecule has 2 aromatic carbocycles. The lowest BCUT2D eigenvalue weighted by molar-refractivity contribution is 0.0973. The lowest BCUT2D eigenvalue weighted by Gasteiger charge is -2.37. The van der Waals surface area contributed by atoms with E-state index in [1.54, 1.807) is 35.2 Å². The van der Waals surface area contributed by atoms with Crippen LogP contribution in [0.25, 0.3) is 0 Å². The highest BCUT2D eigenvalue weighted by molar-refractivity contribution is 7.80. The van der Waals surface area contributed by atoms with Crippen LogP contribution in [0.1, 0.15) is 10.4 Å². The Kier molecular flexibility index (Phi) is 5.78. The van der Waals surface area contributed by atoms with Crippen molar-refractivity contribution in [1.29, 1.82) is 0 Å². The van der Waals surface area contributed by atoms with Gasteiger partial charge in [-0.2, -0.15) is 0 Å². The molecule has 1 saturated heterocycles. The molecule has 28 heavy (non-hydrogen) atoms. The normalized spacial score (nSPS) is 14.2. The number of carbonyl (C=O) groups excluding carboxylic acids is 1. The summed E-state index contributed by atoms with van der Waals surface area (Å²) in [5.41, 5.74) is -0.555. The molecule has 3 rings (SSSR count). The Morgan fingerprint density at radius 2 is 1.32 bits per heavy atom. The highest BCUT2D eigenvalue weighted by Crippen LogP contribution is 2.30. The second-order valence-electron chi connectivity index (χ2n) is 6.02. The quantitative estimate of drug-likeness (QED) is 0.354. The standard InChI is InChI=1S/C18H14F5N3OS/c19-11-12(20)14(22)16(15(23)13(11)21)25-6-8-26(9-7-25)18(28)24-17(27)10-4-2-1-3-5-10/h1-5H,6-9H2,(H,24,27,28). The first-order valence-corrected chi connectivity index (χ1v) is 8.63. The molecule has 2 aromatic rings. The summed E-state index contributed by atoms with van der Waals surface area (Å²) < 4.78 is 67.9. The van der Waals surface area contributed by atoms with Gasteiger partial charge in [-0.3, -0.25) is 10.1 Å². The molecule has 1 aliphatic heterocycles. The molecule has 0 spiro atoms. The van der Waals surface area contributed by atoms with E-state index >= 15 is 0 Å². The summed E-state index contributed by atoms with van der Waals surface area (Å²) in [5, 5.41) is 2.67. The molecule has 0 bridgehead atoms. The van der Waals surface area contributed by atoms with Gasteiger partial charge in [0.1, 0.15) is 5.69 Å². The highest BCUT2D eigenvalue weighted by Gasteiger charge is 2.31. The molecule has 1 fully saturated rings. The number of piperazine rings is 1. The first-order chi connectivity index (χ1) is 13.3. The van der Waals surface area contributed by atoms with E-state index < -0.39 is 40.7 Å². The second kappa shape index (κ2) is 8.09. The van der Waals surface area contributed by atoms with E-state index in [2.05, 4.69) is 5.32 Å². The van der Waals surface area contributed by atoms with Gasteiger partial charge in [-0.25, -0.2) is 22.0 Å². The minimum atomic E-state index is -2.19. The number of anilines is 1. The number of benzene rings is 2. The summed E-state index contributed by atoms with van der Waals surface area (Å²) in [5.74, 6) is -10.3. The number of amides is 1. The van der Waals surface area contributed by atoms with Gasteiger partial charge < -0.3 is 9.80 Å². The number of halogens is 5. The molecule has 1 amide bonds. The Morgan fingerprint density at radius 1 is 0.821 bits per heavy atom. The fourth-order valence-electron chi connectivity index (χ4n) is 2.84.